The van der Waals surface area contributed by atoms with E-state index < -0.39 is 40.1 Å². The van der Waals surface area contributed by atoms with Crippen molar-refractivity contribution in [2.24, 2.45) is 11.7 Å². The van der Waals surface area contributed by atoms with Gasteiger partial charge >= 0.3 is 0 Å². The Labute approximate surface area is 212 Å². The number of carbonyl (C=O) groups is 1. The van der Waals surface area contributed by atoms with Crippen LogP contribution in [0.5, 0.6) is 0 Å². The summed E-state index contributed by atoms with van der Waals surface area (Å²) in [6, 6.07) is 6.04. The van der Waals surface area contributed by atoms with Crippen molar-refractivity contribution in [3.63, 3.8) is 0 Å². The van der Waals surface area contributed by atoms with Crippen LogP contribution >= 0.6 is 0 Å². The minimum absolute atomic E-state index is 0.00834. The molecule has 1 aliphatic carbocycles. The largest absolute Gasteiger partial charge is 0.380 e. The second-order valence-electron chi connectivity index (χ2n) is 10.3. The van der Waals surface area contributed by atoms with Crippen LogP contribution in [0.1, 0.15) is 59.3 Å². The Balaban J connectivity index is 1.44. The molecular formula is C28H28F3N3O3. The average molecular weight is 512 g/mol. The third kappa shape index (κ3) is 5.03. The van der Waals surface area contributed by atoms with E-state index in [-0.39, 0.29) is 42.9 Å². The second-order valence-corrected chi connectivity index (χ2v) is 10.3. The molecule has 3 atom stereocenters. The lowest BCUT2D eigenvalue weighted by molar-refractivity contribution is -0.184. The van der Waals surface area contributed by atoms with Crippen LogP contribution in [-0.4, -0.2) is 40.1 Å². The van der Waals surface area contributed by atoms with Gasteiger partial charge in [0.05, 0.1) is 18.8 Å². The highest BCUT2D eigenvalue weighted by atomic mass is 19.1. The number of Topliss-reactive ketones (excluding diaryl/α,β-unsaturated/α-hetero) is 1. The van der Waals surface area contributed by atoms with Crippen LogP contribution in [0.2, 0.25) is 0 Å². The first kappa shape index (κ1) is 25.5. The Morgan fingerprint density at radius 3 is 2.49 bits per heavy atom. The Morgan fingerprint density at radius 1 is 1.11 bits per heavy atom. The zero-order valence-electron chi connectivity index (χ0n) is 20.4. The first-order chi connectivity index (χ1) is 17.6. The molecule has 9 heteroatoms. The number of aliphatic hydroxyl groups is 1. The Hall–Kier alpha value is -3.14. The third-order valence-electron chi connectivity index (χ3n) is 7.34. The van der Waals surface area contributed by atoms with Crippen molar-refractivity contribution in [2.75, 3.05) is 13.2 Å². The van der Waals surface area contributed by atoms with Gasteiger partial charge in [-0.25, -0.2) is 18.2 Å². The highest BCUT2D eigenvalue weighted by Gasteiger charge is 2.39. The molecule has 1 saturated heterocycles. The van der Waals surface area contributed by atoms with Gasteiger partial charge in [0.2, 0.25) is 0 Å². The monoisotopic (exact) mass is 511 g/mol. The van der Waals surface area contributed by atoms with E-state index in [9.17, 15) is 23.1 Å². The van der Waals surface area contributed by atoms with Crippen molar-refractivity contribution in [1.82, 2.24) is 9.97 Å². The van der Waals surface area contributed by atoms with Crippen molar-refractivity contribution in [1.29, 1.82) is 0 Å². The number of ketones is 1. The molecule has 3 aromatic rings. The fraction of sp³-hybridized carbons (Fsp3) is 0.393. The summed E-state index contributed by atoms with van der Waals surface area (Å²) in [6.45, 7) is 1.97. The summed E-state index contributed by atoms with van der Waals surface area (Å²) in [5.74, 6) is -2.94. The number of benzene rings is 1. The summed E-state index contributed by atoms with van der Waals surface area (Å²) in [5, 5.41) is 10.3. The van der Waals surface area contributed by atoms with Gasteiger partial charge in [0.25, 0.3) is 0 Å². The maximum atomic E-state index is 15.0. The van der Waals surface area contributed by atoms with Gasteiger partial charge in [-0.3, -0.25) is 9.78 Å². The van der Waals surface area contributed by atoms with Crippen molar-refractivity contribution in [3.8, 4) is 11.3 Å². The first-order valence-corrected chi connectivity index (χ1v) is 12.3. The molecule has 2 fully saturated rings. The van der Waals surface area contributed by atoms with Crippen LogP contribution in [0.4, 0.5) is 13.2 Å². The molecule has 2 aromatic heterocycles. The van der Waals surface area contributed by atoms with Gasteiger partial charge < -0.3 is 15.6 Å². The van der Waals surface area contributed by atoms with E-state index in [2.05, 4.69) is 16.9 Å². The van der Waals surface area contributed by atoms with Gasteiger partial charge in [-0.1, -0.05) is 6.92 Å². The van der Waals surface area contributed by atoms with Crippen LogP contribution < -0.4 is 5.73 Å². The molecule has 5 rings (SSSR count). The molecule has 0 unspecified atom stereocenters. The van der Waals surface area contributed by atoms with Gasteiger partial charge in [-0.05, 0) is 78.1 Å². The molecule has 0 spiro atoms. The van der Waals surface area contributed by atoms with Crippen molar-refractivity contribution in [2.45, 2.75) is 50.2 Å². The zero-order valence-corrected chi connectivity index (χ0v) is 20.4. The van der Waals surface area contributed by atoms with E-state index in [0.717, 1.165) is 48.6 Å². The number of pyridine rings is 2. The predicted molar refractivity (Wildman–Crippen MR) is 130 cm³/mol. The van der Waals surface area contributed by atoms with Gasteiger partial charge in [0.1, 0.15) is 34.4 Å². The summed E-state index contributed by atoms with van der Waals surface area (Å²) in [5.41, 5.74) is 5.03. The molecule has 3 heterocycles. The van der Waals surface area contributed by atoms with E-state index >= 15 is 0 Å². The van der Waals surface area contributed by atoms with Gasteiger partial charge in [-0.2, -0.15) is 0 Å². The molecule has 194 valence electrons. The molecule has 2 aliphatic rings. The van der Waals surface area contributed by atoms with E-state index in [1.54, 1.807) is 12.4 Å². The molecular weight excluding hydrogens is 483 g/mol. The summed E-state index contributed by atoms with van der Waals surface area (Å²) >= 11 is 0. The van der Waals surface area contributed by atoms with Crippen molar-refractivity contribution < 1.29 is 27.8 Å². The van der Waals surface area contributed by atoms with Gasteiger partial charge in [0.15, 0.2) is 5.78 Å². The van der Waals surface area contributed by atoms with E-state index in [1.807, 2.05) is 6.07 Å². The molecule has 6 nitrogen and oxygen atoms in total. The number of halogens is 3. The third-order valence-corrected chi connectivity index (χ3v) is 7.34. The van der Waals surface area contributed by atoms with Crippen LogP contribution in [0, 0.1) is 23.4 Å². The number of rotatable bonds is 6. The van der Waals surface area contributed by atoms with E-state index in [1.165, 1.54) is 6.07 Å². The van der Waals surface area contributed by atoms with Crippen LogP contribution in [0.25, 0.3) is 11.3 Å². The lowest BCUT2D eigenvalue weighted by atomic mass is 9.75. The normalized spacial score (nSPS) is 22.9. The summed E-state index contributed by atoms with van der Waals surface area (Å²) in [6.07, 6.45) is 5.99. The lowest BCUT2D eigenvalue weighted by Crippen LogP contribution is -2.46. The van der Waals surface area contributed by atoms with E-state index in [4.69, 9.17) is 10.5 Å². The van der Waals surface area contributed by atoms with Crippen LogP contribution in [0.3, 0.4) is 0 Å². The minimum Gasteiger partial charge on any atom is -0.380 e. The number of ether oxygens (including phenoxy) is 1. The number of hydrogen-bond acceptors (Lipinski definition) is 6. The smallest absolute Gasteiger partial charge is 0.185 e. The fourth-order valence-electron chi connectivity index (χ4n) is 5.46. The van der Waals surface area contributed by atoms with Crippen molar-refractivity contribution >= 4 is 5.78 Å². The van der Waals surface area contributed by atoms with Crippen molar-refractivity contribution in [3.05, 3.63) is 82.6 Å². The molecule has 3 N–H and O–H groups in total. The molecule has 1 aliphatic heterocycles. The zero-order chi connectivity index (χ0) is 26.3. The summed E-state index contributed by atoms with van der Waals surface area (Å²) in [4.78, 5) is 21.4. The summed E-state index contributed by atoms with van der Waals surface area (Å²) in [7, 11) is 0. The van der Waals surface area contributed by atoms with Gasteiger partial charge in [-0.15, -0.1) is 0 Å². The quantitative estimate of drug-likeness (QED) is 0.475. The maximum absolute atomic E-state index is 15.0. The van der Waals surface area contributed by atoms with E-state index in [0.29, 0.717) is 5.92 Å². The first-order valence-electron chi connectivity index (χ1n) is 12.3. The molecule has 0 bridgehead atoms. The summed E-state index contributed by atoms with van der Waals surface area (Å²) < 4.78 is 49.6. The number of nitrogens with zero attached hydrogens (tertiary/aromatic N) is 2. The predicted octanol–water partition coefficient (Wildman–Crippen LogP) is 4.44. The molecule has 0 amide bonds. The Kier molecular flexibility index (Phi) is 6.87. The molecule has 1 aromatic carbocycles. The van der Waals surface area contributed by atoms with Gasteiger partial charge in [0, 0.05) is 24.9 Å². The number of hydrogen-bond donors (Lipinski definition) is 2. The molecule has 37 heavy (non-hydrogen) atoms. The lowest BCUT2D eigenvalue weighted by Gasteiger charge is -2.36. The second kappa shape index (κ2) is 9.96. The Morgan fingerprint density at radius 2 is 1.84 bits per heavy atom. The highest BCUT2D eigenvalue weighted by molar-refractivity contribution is 5.96. The standard InChI is InChI=1S/C28H28F3N3O3/c1-15-6-16(8-19(32)7-15)20-4-5-33-12-17(20)9-25(35)24-3-2-21(29)27(34-24)26-22(30)10-18(11-23(26)31)28(36)13-37-14-28/h2-5,10-12,15-16,19,36H,6-9,13-14,32H2,1H3/t15-,16+,19-/m0/s1. The fourth-order valence-corrected chi connectivity index (χ4v) is 5.46. The Bertz CT molecular complexity index is 1310. The number of aromatic nitrogens is 2. The average Bonchev–Trinajstić information content (AvgIpc) is 2.82. The van der Waals surface area contributed by atoms with Crippen LogP contribution in [-0.2, 0) is 16.8 Å². The number of carbonyl (C=O) groups excluding carboxylic acids is 1. The maximum Gasteiger partial charge on any atom is 0.185 e. The van der Waals surface area contributed by atoms with Crippen LogP contribution in [0.15, 0.2) is 42.7 Å². The number of nitrogens with two attached hydrogens (primary N) is 1. The molecule has 0 radical (unpaired) electrons. The minimum atomic E-state index is -1.49. The highest BCUT2D eigenvalue weighted by Crippen LogP contribution is 2.38. The SMILES string of the molecule is C[C@@H]1C[C@H](N)C[C@H](c2ccncc2CC(=O)c2ccc(F)c(-c3c(F)cc(C4(O)COC4)cc3F)n2)C1. The molecule has 1 saturated carbocycles. The topological polar surface area (TPSA) is 98.3 Å².